The molecule has 2 nitrogen and oxygen atoms in total. The van der Waals surface area contributed by atoms with Crippen molar-refractivity contribution in [1.82, 2.24) is 0 Å². The molecule has 0 unspecified atom stereocenters. The van der Waals surface area contributed by atoms with Crippen LogP contribution in [0.15, 0.2) is 30.3 Å². The molecule has 1 saturated heterocycles. The van der Waals surface area contributed by atoms with Crippen molar-refractivity contribution in [1.29, 1.82) is 0 Å². The molecule has 0 radical (unpaired) electrons. The standard InChI is InChI=1S/C12H13BO2S/c1-12(2)8-14-13(15-12)11-7-9-5-3-4-6-10(9)16-11/h3-7H,8H2,1-2H3. The third-order valence-electron chi connectivity index (χ3n) is 2.69. The summed E-state index contributed by atoms with van der Waals surface area (Å²) in [5, 5.41) is 1.26. The Balaban J connectivity index is 1.95. The van der Waals surface area contributed by atoms with Gasteiger partial charge in [0.15, 0.2) is 0 Å². The Bertz CT molecular complexity index is 487. The lowest BCUT2D eigenvalue weighted by Crippen LogP contribution is -2.32. The van der Waals surface area contributed by atoms with E-state index >= 15 is 0 Å². The van der Waals surface area contributed by atoms with Crippen molar-refractivity contribution >= 4 is 33.3 Å². The first-order valence-corrected chi connectivity index (χ1v) is 6.24. The first kappa shape index (κ1) is 10.3. The predicted octanol–water partition coefficient (Wildman–Crippen LogP) is 2.42. The highest BCUT2D eigenvalue weighted by Gasteiger charge is 2.39. The van der Waals surface area contributed by atoms with Gasteiger partial charge < -0.3 is 9.31 Å². The summed E-state index contributed by atoms with van der Waals surface area (Å²) in [7, 11) is -0.188. The van der Waals surface area contributed by atoms with Crippen LogP contribution in [0, 0.1) is 0 Å². The summed E-state index contributed by atoms with van der Waals surface area (Å²) in [4.78, 5) is 0. The zero-order valence-electron chi connectivity index (χ0n) is 9.40. The van der Waals surface area contributed by atoms with E-state index in [0.29, 0.717) is 6.61 Å². The number of rotatable bonds is 1. The van der Waals surface area contributed by atoms with Crippen LogP contribution in [0.4, 0.5) is 0 Å². The minimum Gasteiger partial charge on any atom is -0.404 e. The lowest BCUT2D eigenvalue weighted by molar-refractivity contribution is 0.137. The van der Waals surface area contributed by atoms with E-state index in [1.165, 1.54) is 10.1 Å². The fourth-order valence-corrected chi connectivity index (χ4v) is 2.94. The maximum absolute atomic E-state index is 5.85. The molecule has 0 bridgehead atoms. The second kappa shape index (κ2) is 3.59. The molecule has 82 valence electrons. The monoisotopic (exact) mass is 232 g/mol. The van der Waals surface area contributed by atoms with Crippen LogP contribution >= 0.6 is 11.3 Å². The lowest BCUT2D eigenvalue weighted by atomic mass is 9.88. The molecule has 1 fully saturated rings. The van der Waals surface area contributed by atoms with Crippen LogP contribution in [0.5, 0.6) is 0 Å². The fraction of sp³-hybridized carbons (Fsp3) is 0.333. The molecule has 0 saturated carbocycles. The van der Waals surface area contributed by atoms with Crippen LogP contribution in [-0.2, 0) is 9.31 Å². The number of fused-ring (bicyclic) bond motifs is 1. The van der Waals surface area contributed by atoms with Crippen molar-refractivity contribution in [3.63, 3.8) is 0 Å². The number of benzene rings is 1. The van der Waals surface area contributed by atoms with E-state index in [2.05, 4.69) is 44.2 Å². The Kier molecular flexibility index (Phi) is 2.31. The van der Waals surface area contributed by atoms with Gasteiger partial charge >= 0.3 is 7.12 Å². The van der Waals surface area contributed by atoms with Crippen LogP contribution in [-0.4, -0.2) is 19.3 Å². The molecular formula is C12H13BO2S. The van der Waals surface area contributed by atoms with Gasteiger partial charge in [-0.2, -0.15) is 0 Å². The van der Waals surface area contributed by atoms with Gasteiger partial charge in [0, 0.05) is 9.48 Å². The quantitative estimate of drug-likeness (QED) is 0.703. The van der Waals surface area contributed by atoms with Gasteiger partial charge in [0.2, 0.25) is 0 Å². The second-order valence-corrected chi connectivity index (χ2v) is 5.82. The van der Waals surface area contributed by atoms with E-state index in [0.717, 1.165) is 4.78 Å². The third kappa shape index (κ3) is 1.77. The molecule has 2 heterocycles. The second-order valence-electron chi connectivity index (χ2n) is 4.71. The normalized spacial score (nSPS) is 19.5. The van der Waals surface area contributed by atoms with Gasteiger partial charge in [0.05, 0.1) is 12.2 Å². The van der Waals surface area contributed by atoms with Crippen LogP contribution in [0.25, 0.3) is 10.1 Å². The van der Waals surface area contributed by atoms with Gasteiger partial charge in [0.1, 0.15) is 0 Å². The zero-order valence-corrected chi connectivity index (χ0v) is 10.2. The SMILES string of the molecule is CC1(C)COB(c2cc3ccccc3s2)O1. The van der Waals surface area contributed by atoms with E-state index in [1.807, 2.05) is 0 Å². The van der Waals surface area contributed by atoms with Gasteiger partial charge in [-0.15, -0.1) is 11.3 Å². The lowest BCUT2D eigenvalue weighted by Gasteiger charge is -2.14. The smallest absolute Gasteiger partial charge is 0.404 e. The molecule has 0 amide bonds. The molecule has 16 heavy (non-hydrogen) atoms. The van der Waals surface area contributed by atoms with Gasteiger partial charge in [-0.1, -0.05) is 18.2 Å². The molecule has 1 aromatic carbocycles. The minimum atomic E-state index is -0.188. The summed E-state index contributed by atoms with van der Waals surface area (Å²) in [5.41, 5.74) is -0.166. The van der Waals surface area contributed by atoms with Crippen molar-refractivity contribution < 1.29 is 9.31 Å². The molecule has 0 atom stereocenters. The Morgan fingerprint density at radius 1 is 1.31 bits per heavy atom. The molecule has 4 heteroatoms. The van der Waals surface area contributed by atoms with Crippen molar-refractivity contribution in [2.45, 2.75) is 19.4 Å². The van der Waals surface area contributed by atoms with Crippen LogP contribution < -0.4 is 4.78 Å². The first-order valence-electron chi connectivity index (χ1n) is 5.42. The van der Waals surface area contributed by atoms with E-state index < -0.39 is 0 Å². The molecule has 0 N–H and O–H groups in total. The Hall–Kier alpha value is -0.835. The highest BCUT2D eigenvalue weighted by molar-refractivity contribution is 7.28. The average Bonchev–Trinajstić information content (AvgIpc) is 2.80. The first-order chi connectivity index (χ1) is 7.64. The highest BCUT2D eigenvalue weighted by Crippen LogP contribution is 2.24. The van der Waals surface area contributed by atoms with Gasteiger partial charge in [-0.3, -0.25) is 0 Å². The summed E-state index contributed by atoms with van der Waals surface area (Å²) in [6.45, 7) is 4.77. The molecule has 2 aromatic rings. The van der Waals surface area contributed by atoms with Crippen molar-refractivity contribution in [2.24, 2.45) is 0 Å². The maximum atomic E-state index is 5.85. The summed E-state index contributed by atoms with van der Waals surface area (Å²) < 4.78 is 14.0. The van der Waals surface area contributed by atoms with Gasteiger partial charge in [-0.05, 0) is 31.4 Å². The van der Waals surface area contributed by atoms with Crippen molar-refractivity contribution in [3.05, 3.63) is 30.3 Å². The Labute approximate surface area is 99.3 Å². The molecule has 1 aliphatic heterocycles. The Morgan fingerprint density at radius 3 is 2.81 bits per heavy atom. The molecule has 1 aliphatic rings. The van der Waals surface area contributed by atoms with Crippen LogP contribution in [0.3, 0.4) is 0 Å². The van der Waals surface area contributed by atoms with E-state index in [-0.39, 0.29) is 12.7 Å². The van der Waals surface area contributed by atoms with E-state index in [9.17, 15) is 0 Å². The number of thiophene rings is 1. The van der Waals surface area contributed by atoms with Gasteiger partial charge in [-0.25, -0.2) is 0 Å². The van der Waals surface area contributed by atoms with E-state index in [4.69, 9.17) is 9.31 Å². The highest BCUT2D eigenvalue weighted by atomic mass is 32.1. The zero-order chi connectivity index (χ0) is 11.2. The van der Waals surface area contributed by atoms with Crippen molar-refractivity contribution in [2.75, 3.05) is 6.61 Å². The van der Waals surface area contributed by atoms with Gasteiger partial charge in [0.25, 0.3) is 0 Å². The molecule has 0 aliphatic carbocycles. The fourth-order valence-electron chi connectivity index (χ4n) is 1.89. The molecule has 1 aromatic heterocycles. The minimum absolute atomic E-state index is 0.166. The third-order valence-corrected chi connectivity index (χ3v) is 3.82. The Morgan fingerprint density at radius 2 is 2.12 bits per heavy atom. The average molecular weight is 232 g/mol. The van der Waals surface area contributed by atoms with E-state index in [1.54, 1.807) is 11.3 Å². The summed E-state index contributed by atoms with van der Waals surface area (Å²) in [5.74, 6) is 0. The maximum Gasteiger partial charge on any atom is 0.505 e. The topological polar surface area (TPSA) is 18.5 Å². The molecule has 0 spiro atoms. The predicted molar refractivity (Wildman–Crippen MR) is 68.3 cm³/mol. The summed E-state index contributed by atoms with van der Waals surface area (Å²) in [6, 6.07) is 10.5. The van der Waals surface area contributed by atoms with Crippen LogP contribution in [0.1, 0.15) is 13.8 Å². The summed E-state index contributed by atoms with van der Waals surface area (Å²) in [6.07, 6.45) is 0. The largest absolute Gasteiger partial charge is 0.505 e. The number of hydrogen-bond acceptors (Lipinski definition) is 3. The number of hydrogen-bond donors (Lipinski definition) is 0. The van der Waals surface area contributed by atoms with Crippen LogP contribution in [0.2, 0.25) is 0 Å². The molecular weight excluding hydrogens is 219 g/mol. The molecule has 3 rings (SSSR count). The summed E-state index contributed by atoms with van der Waals surface area (Å²) >= 11 is 1.75. The van der Waals surface area contributed by atoms with Crippen molar-refractivity contribution in [3.8, 4) is 0 Å².